The van der Waals surface area contributed by atoms with Crippen molar-refractivity contribution in [1.82, 2.24) is 4.90 Å². The Kier molecular flexibility index (Phi) is 4.60. The number of carbonyl (C=O) groups is 1. The number of ether oxygens (including phenoxy) is 1. The average molecular weight is 295 g/mol. The third kappa shape index (κ3) is 3.60. The molecule has 114 valence electrons. The Bertz CT molecular complexity index is 572. The summed E-state index contributed by atoms with van der Waals surface area (Å²) in [5.74, 6) is -0.762. The van der Waals surface area contributed by atoms with E-state index in [-0.39, 0.29) is 23.1 Å². The number of likely N-dealkylation sites (tertiary alicyclic amines) is 1. The van der Waals surface area contributed by atoms with Crippen LogP contribution in [0.5, 0.6) is 5.75 Å². The van der Waals surface area contributed by atoms with Gasteiger partial charge in [0.15, 0.2) is 0 Å². The van der Waals surface area contributed by atoms with Crippen molar-refractivity contribution >= 4 is 5.91 Å². The van der Waals surface area contributed by atoms with E-state index in [0.717, 1.165) is 31.5 Å². The lowest BCUT2D eigenvalue weighted by molar-refractivity contribution is -0.130. The molecule has 0 aliphatic carbocycles. The van der Waals surface area contributed by atoms with Crippen molar-refractivity contribution < 1.29 is 18.3 Å². The zero-order valence-electron chi connectivity index (χ0n) is 12.3. The lowest BCUT2D eigenvalue weighted by atomic mass is 9.96. The summed E-state index contributed by atoms with van der Waals surface area (Å²) < 4.78 is 32.3. The molecule has 1 aromatic carbocycles. The van der Waals surface area contributed by atoms with Crippen LogP contribution in [0.2, 0.25) is 0 Å². The number of amides is 1. The largest absolute Gasteiger partial charge is 0.461 e. The van der Waals surface area contributed by atoms with E-state index in [1.807, 2.05) is 0 Å². The van der Waals surface area contributed by atoms with Gasteiger partial charge in [-0.15, -0.1) is 0 Å². The highest BCUT2D eigenvalue weighted by Gasteiger charge is 2.25. The summed E-state index contributed by atoms with van der Waals surface area (Å²) in [5.41, 5.74) is 0.247. The summed E-state index contributed by atoms with van der Waals surface area (Å²) in [6.07, 6.45) is 1.71. The minimum atomic E-state index is -0.685. The molecule has 1 atom stereocenters. The van der Waals surface area contributed by atoms with E-state index >= 15 is 0 Å². The van der Waals surface area contributed by atoms with Crippen molar-refractivity contribution in [2.45, 2.75) is 26.7 Å². The number of nitrogens with zero attached hydrogens (tertiary/aromatic N) is 1. The normalized spacial score (nSPS) is 18.5. The van der Waals surface area contributed by atoms with Gasteiger partial charge in [0.2, 0.25) is 5.91 Å². The molecule has 21 heavy (non-hydrogen) atoms. The van der Waals surface area contributed by atoms with E-state index in [1.165, 1.54) is 13.8 Å². The predicted molar refractivity (Wildman–Crippen MR) is 75.8 cm³/mol. The summed E-state index contributed by atoms with van der Waals surface area (Å²) in [4.78, 5) is 13.2. The van der Waals surface area contributed by atoms with Gasteiger partial charge in [0.1, 0.15) is 23.1 Å². The van der Waals surface area contributed by atoms with E-state index < -0.39 is 11.6 Å². The van der Waals surface area contributed by atoms with Crippen LogP contribution in [-0.2, 0) is 4.79 Å². The van der Waals surface area contributed by atoms with Gasteiger partial charge in [-0.25, -0.2) is 8.78 Å². The number of piperidine rings is 1. The number of halogens is 2. The van der Waals surface area contributed by atoms with Crippen LogP contribution in [0, 0.1) is 24.5 Å². The molecule has 0 spiro atoms. The maximum Gasteiger partial charge on any atom is 0.219 e. The van der Waals surface area contributed by atoms with Gasteiger partial charge in [0, 0.05) is 43.6 Å². The molecule has 0 bridgehead atoms. The Hall–Kier alpha value is -1.91. The third-order valence-corrected chi connectivity index (χ3v) is 3.82. The first-order valence-corrected chi connectivity index (χ1v) is 6.96. The smallest absolute Gasteiger partial charge is 0.219 e. The lowest BCUT2D eigenvalue weighted by Gasteiger charge is -2.32. The Morgan fingerprint density at radius 2 is 2.14 bits per heavy atom. The van der Waals surface area contributed by atoms with Crippen molar-refractivity contribution in [2.75, 3.05) is 13.1 Å². The molecule has 0 aromatic heterocycles. The maximum atomic E-state index is 13.5. The van der Waals surface area contributed by atoms with Gasteiger partial charge in [0.05, 0.1) is 0 Å². The van der Waals surface area contributed by atoms with Gasteiger partial charge in [-0.2, -0.15) is 0 Å². The minimum Gasteiger partial charge on any atom is -0.461 e. The van der Waals surface area contributed by atoms with Gasteiger partial charge in [-0.05, 0) is 19.8 Å². The van der Waals surface area contributed by atoms with E-state index in [9.17, 15) is 13.6 Å². The van der Waals surface area contributed by atoms with Crippen LogP contribution in [0.3, 0.4) is 0 Å². The molecule has 0 radical (unpaired) electrons. The zero-order chi connectivity index (χ0) is 15.6. The summed E-state index contributed by atoms with van der Waals surface area (Å²) in [7, 11) is 0. The highest BCUT2D eigenvalue weighted by Crippen LogP contribution is 2.29. The van der Waals surface area contributed by atoms with Gasteiger partial charge >= 0.3 is 0 Å². The fourth-order valence-corrected chi connectivity index (χ4v) is 2.48. The number of hydrogen-bond acceptors (Lipinski definition) is 2. The van der Waals surface area contributed by atoms with E-state index in [4.69, 9.17) is 4.74 Å². The Morgan fingerprint density at radius 3 is 2.81 bits per heavy atom. The number of rotatable bonds is 3. The minimum absolute atomic E-state index is 0.0143. The van der Waals surface area contributed by atoms with Crippen molar-refractivity contribution in [3.8, 4) is 5.75 Å². The van der Waals surface area contributed by atoms with Crippen molar-refractivity contribution in [1.29, 1.82) is 0 Å². The molecule has 5 heteroatoms. The zero-order valence-corrected chi connectivity index (χ0v) is 12.3. The van der Waals surface area contributed by atoms with Crippen LogP contribution in [0.4, 0.5) is 8.78 Å². The monoisotopic (exact) mass is 295 g/mol. The molecule has 1 amide bonds. The van der Waals surface area contributed by atoms with E-state index in [0.29, 0.717) is 12.3 Å². The molecule has 0 saturated carbocycles. The number of hydrogen-bond donors (Lipinski definition) is 0. The Morgan fingerprint density at radius 1 is 1.43 bits per heavy atom. The van der Waals surface area contributed by atoms with Crippen molar-refractivity contribution in [3.05, 3.63) is 41.7 Å². The second-order valence-corrected chi connectivity index (χ2v) is 5.38. The molecule has 1 aliphatic rings. The van der Waals surface area contributed by atoms with E-state index in [2.05, 4.69) is 6.58 Å². The predicted octanol–water partition coefficient (Wildman–Crippen LogP) is 3.42. The molecule has 1 aliphatic heterocycles. The van der Waals surface area contributed by atoms with Crippen LogP contribution >= 0.6 is 0 Å². The maximum absolute atomic E-state index is 13.5. The first-order valence-electron chi connectivity index (χ1n) is 6.96. The summed E-state index contributed by atoms with van der Waals surface area (Å²) in [6, 6.07) is 1.97. The molecular weight excluding hydrogens is 276 g/mol. The summed E-state index contributed by atoms with van der Waals surface area (Å²) >= 11 is 0. The molecule has 0 N–H and O–H groups in total. The Labute approximate surface area is 123 Å². The van der Waals surface area contributed by atoms with Gasteiger partial charge in [-0.3, -0.25) is 4.79 Å². The molecule has 1 heterocycles. The van der Waals surface area contributed by atoms with Gasteiger partial charge < -0.3 is 9.64 Å². The molecule has 2 rings (SSSR count). The molecule has 3 nitrogen and oxygen atoms in total. The fourth-order valence-electron chi connectivity index (χ4n) is 2.48. The van der Waals surface area contributed by atoms with Crippen molar-refractivity contribution in [2.24, 2.45) is 5.92 Å². The molecule has 1 unspecified atom stereocenters. The highest BCUT2D eigenvalue weighted by atomic mass is 19.1. The molecular formula is C16H19F2NO2. The molecule has 1 saturated heterocycles. The average Bonchev–Trinajstić information content (AvgIpc) is 2.44. The Balaban J connectivity index is 2.09. The first kappa shape index (κ1) is 15.5. The topological polar surface area (TPSA) is 29.5 Å². The fraction of sp³-hybridized carbons (Fsp3) is 0.438. The van der Waals surface area contributed by atoms with E-state index in [1.54, 1.807) is 4.90 Å². The second-order valence-electron chi connectivity index (χ2n) is 5.38. The summed E-state index contributed by atoms with van der Waals surface area (Å²) in [6.45, 7) is 8.18. The van der Waals surface area contributed by atoms with Gasteiger partial charge in [-0.1, -0.05) is 6.58 Å². The van der Waals surface area contributed by atoms with Gasteiger partial charge in [0.25, 0.3) is 0 Å². The third-order valence-electron chi connectivity index (χ3n) is 3.82. The molecule has 1 fully saturated rings. The van der Waals surface area contributed by atoms with Crippen LogP contribution in [0.1, 0.15) is 25.3 Å². The SMILES string of the molecule is C=C(Oc1cc(F)cc(F)c1C)C1CCCN(C(C)=O)C1. The van der Waals surface area contributed by atoms with Crippen molar-refractivity contribution in [3.63, 3.8) is 0 Å². The van der Waals surface area contributed by atoms with Crippen LogP contribution in [0.25, 0.3) is 0 Å². The molecule has 1 aromatic rings. The number of benzene rings is 1. The lowest BCUT2D eigenvalue weighted by Crippen LogP contribution is -2.39. The number of carbonyl (C=O) groups excluding carboxylic acids is 1. The quantitative estimate of drug-likeness (QED) is 0.800. The standard InChI is InChI=1S/C16H19F2NO2/c1-10-15(18)7-14(17)8-16(10)21-11(2)13-5-4-6-19(9-13)12(3)20/h7-8,13H,2,4-6,9H2,1,3H3. The van der Waals surface area contributed by atoms with Crippen LogP contribution in [0.15, 0.2) is 24.5 Å². The van der Waals surface area contributed by atoms with Crippen LogP contribution in [-0.4, -0.2) is 23.9 Å². The first-order chi connectivity index (χ1) is 9.88. The highest BCUT2D eigenvalue weighted by molar-refractivity contribution is 5.73. The summed E-state index contributed by atoms with van der Waals surface area (Å²) in [5, 5.41) is 0. The second kappa shape index (κ2) is 6.24. The van der Waals surface area contributed by atoms with Crippen LogP contribution < -0.4 is 4.74 Å².